The monoisotopic (exact) mass is 334 g/mol. The summed E-state index contributed by atoms with van der Waals surface area (Å²) in [7, 11) is 1.73. The van der Waals surface area contributed by atoms with Crippen molar-refractivity contribution in [3.05, 3.63) is 52.8 Å². The molecule has 2 heterocycles. The summed E-state index contributed by atoms with van der Waals surface area (Å²) in [4.78, 5) is 12.5. The fourth-order valence-corrected chi connectivity index (χ4v) is 2.47. The molecule has 0 saturated carbocycles. The Labute approximate surface area is 135 Å². The van der Waals surface area contributed by atoms with E-state index < -0.39 is 11.7 Å². The highest BCUT2D eigenvalue weighted by Gasteiger charge is 2.25. The van der Waals surface area contributed by atoms with E-state index >= 15 is 0 Å². The predicted octanol–water partition coefficient (Wildman–Crippen LogP) is 3.43. The number of aromatic nitrogens is 3. The number of amides is 1. The first-order valence-corrected chi connectivity index (χ1v) is 7.06. The number of hydrogen-bond acceptors (Lipinski definition) is 4. The van der Waals surface area contributed by atoms with E-state index in [0.29, 0.717) is 5.69 Å². The zero-order valence-electron chi connectivity index (χ0n) is 12.3. The topological polar surface area (TPSA) is 73.0 Å². The molecule has 1 aromatic carbocycles. The summed E-state index contributed by atoms with van der Waals surface area (Å²) < 4.78 is 20.7. The van der Waals surface area contributed by atoms with Crippen LogP contribution in [-0.4, -0.2) is 20.8 Å². The minimum atomic E-state index is -0.582. The van der Waals surface area contributed by atoms with Crippen LogP contribution in [0.2, 0.25) is 5.02 Å². The smallest absolute Gasteiger partial charge is 0.261 e. The van der Waals surface area contributed by atoms with Crippen molar-refractivity contribution >= 4 is 23.2 Å². The lowest BCUT2D eigenvalue weighted by atomic mass is 10.0. The van der Waals surface area contributed by atoms with Crippen LogP contribution in [-0.2, 0) is 7.05 Å². The van der Waals surface area contributed by atoms with E-state index in [1.54, 1.807) is 24.9 Å². The van der Waals surface area contributed by atoms with E-state index in [4.69, 9.17) is 16.1 Å². The van der Waals surface area contributed by atoms with Crippen molar-refractivity contribution < 1.29 is 13.7 Å². The Bertz CT molecular complexity index is 867. The molecule has 0 saturated heterocycles. The molecule has 2 aromatic heterocycles. The Balaban J connectivity index is 2.04. The SMILES string of the molecule is Cc1onc(-c2c(F)cccc2Cl)c1C(=O)Nc1cnn(C)c1. The van der Waals surface area contributed by atoms with E-state index in [2.05, 4.69) is 15.6 Å². The number of rotatable bonds is 3. The van der Waals surface area contributed by atoms with E-state index in [0.717, 1.165) is 0 Å². The fraction of sp³-hybridized carbons (Fsp3) is 0.133. The maximum Gasteiger partial charge on any atom is 0.261 e. The summed E-state index contributed by atoms with van der Waals surface area (Å²) in [5, 5.41) is 10.6. The molecule has 0 aliphatic rings. The molecule has 0 fully saturated rings. The molecule has 0 atom stereocenters. The standard InChI is InChI=1S/C15H12ClFN4O2/c1-8-12(15(22)19-9-6-18-21(2)7-9)14(20-23-8)13-10(16)4-3-5-11(13)17/h3-7H,1-2H3,(H,19,22). The Hall–Kier alpha value is -2.67. The summed E-state index contributed by atoms with van der Waals surface area (Å²) in [6, 6.07) is 4.24. The van der Waals surface area contributed by atoms with E-state index in [1.807, 2.05) is 0 Å². The first-order chi connectivity index (χ1) is 11.0. The molecule has 3 rings (SSSR count). The molecule has 0 aliphatic carbocycles. The molecule has 3 aromatic rings. The molecular weight excluding hydrogens is 323 g/mol. The summed E-state index contributed by atoms with van der Waals surface area (Å²) in [5.74, 6) is -0.798. The van der Waals surface area contributed by atoms with Crippen LogP contribution in [0, 0.1) is 12.7 Å². The highest BCUT2D eigenvalue weighted by atomic mass is 35.5. The number of halogens is 2. The van der Waals surface area contributed by atoms with E-state index in [1.165, 1.54) is 24.4 Å². The summed E-state index contributed by atoms with van der Waals surface area (Å²) in [6.45, 7) is 1.57. The second kappa shape index (κ2) is 5.85. The third-order valence-corrected chi connectivity index (χ3v) is 3.57. The van der Waals surface area contributed by atoms with Crippen molar-refractivity contribution in [1.82, 2.24) is 14.9 Å². The quantitative estimate of drug-likeness (QED) is 0.796. The van der Waals surface area contributed by atoms with Gasteiger partial charge in [0, 0.05) is 13.2 Å². The van der Waals surface area contributed by atoms with Crippen LogP contribution in [0.25, 0.3) is 11.3 Å². The van der Waals surface area contributed by atoms with Gasteiger partial charge in [-0.05, 0) is 19.1 Å². The first kappa shape index (κ1) is 15.2. The zero-order valence-corrected chi connectivity index (χ0v) is 13.1. The van der Waals surface area contributed by atoms with Gasteiger partial charge < -0.3 is 9.84 Å². The molecule has 1 N–H and O–H groups in total. The van der Waals surface area contributed by atoms with Crippen molar-refractivity contribution in [2.75, 3.05) is 5.32 Å². The number of carbonyl (C=O) groups excluding carboxylic acids is 1. The van der Waals surface area contributed by atoms with Crippen LogP contribution in [0.4, 0.5) is 10.1 Å². The van der Waals surface area contributed by atoms with Gasteiger partial charge in [0.15, 0.2) is 0 Å². The van der Waals surface area contributed by atoms with Crippen LogP contribution < -0.4 is 5.32 Å². The summed E-state index contributed by atoms with van der Waals surface area (Å²) in [5.41, 5.74) is 0.721. The largest absolute Gasteiger partial charge is 0.360 e. The van der Waals surface area contributed by atoms with E-state index in [9.17, 15) is 9.18 Å². The van der Waals surface area contributed by atoms with Gasteiger partial charge in [0.25, 0.3) is 5.91 Å². The number of nitrogens with zero attached hydrogens (tertiary/aromatic N) is 3. The number of aryl methyl sites for hydroxylation is 2. The molecule has 0 bridgehead atoms. The molecule has 0 aliphatic heterocycles. The Morgan fingerprint density at radius 2 is 2.22 bits per heavy atom. The first-order valence-electron chi connectivity index (χ1n) is 6.68. The molecule has 23 heavy (non-hydrogen) atoms. The van der Waals surface area contributed by atoms with Gasteiger partial charge in [-0.1, -0.05) is 22.8 Å². The highest BCUT2D eigenvalue weighted by Crippen LogP contribution is 2.33. The molecule has 1 amide bonds. The second-order valence-corrected chi connectivity index (χ2v) is 5.32. The fourth-order valence-electron chi connectivity index (χ4n) is 2.21. The van der Waals surface area contributed by atoms with Gasteiger partial charge in [-0.25, -0.2) is 4.39 Å². The highest BCUT2D eigenvalue weighted by molar-refractivity contribution is 6.33. The van der Waals surface area contributed by atoms with Crippen LogP contribution in [0.1, 0.15) is 16.1 Å². The van der Waals surface area contributed by atoms with Crippen LogP contribution in [0.15, 0.2) is 35.1 Å². The van der Waals surface area contributed by atoms with Crippen molar-refractivity contribution in [3.8, 4) is 11.3 Å². The van der Waals surface area contributed by atoms with Gasteiger partial charge in [-0.3, -0.25) is 9.48 Å². The number of carbonyl (C=O) groups is 1. The van der Waals surface area contributed by atoms with Crippen molar-refractivity contribution in [2.24, 2.45) is 7.05 Å². The summed E-state index contributed by atoms with van der Waals surface area (Å²) >= 11 is 6.05. The van der Waals surface area contributed by atoms with Crippen LogP contribution in [0.3, 0.4) is 0 Å². The molecule has 0 radical (unpaired) electrons. The molecule has 0 unspecified atom stereocenters. The van der Waals surface area contributed by atoms with Crippen LogP contribution in [0.5, 0.6) is 0 Å². The molecule has 8 heteroatoms. The minimum Gasteiger partial charge on any atom is -0.360 e. The number of benzene rings is 1. The predicted molar refractivity (Wildman–Crippen MR) is 82.8 cm³/mol. The van der Waals surface area contributed by atoms with E-state index in [-0.39, 0.29) is 27.6 Å². The maximum absolute atomic E-state index is 14.1. The van der Waals surface area contributed by atoms with Gasteiger partial charge in [0.05, 0.1) is 22.5 Å². The van der Waals surface area contributed by atoms with Gasteiger partial charge in [-0.15, -0.1) is 0 Å². The molecule has 6 nitrogen and oxygen atoms in total. The summed E-state index contributed by atoms with van der Waals surface area (Å²) in [6.07, 6.45) is 3.13. The number of nitrogens with one attached hydrogen (secondary N) is 1. The van der Waals surface area contributed by atoms with Crippen molar-refractivity contribution in [2.45, 2.75) is 6.92 Å². The average Bonchev–Trinajstić information content (AvgIpc) is 3.05. The second-order valence-electron chi connectivity index (χ2n) is 4.92. The maximum atomic E-state index is 14.1. The lowest BCUT2D eigenvalue weighted by Crippen LogP contribution is -2.13. The molecule has 118 valence electrons. The Morgan fingerprint density at radius 1 is 1.43 bits per heavy atom. The minimum absolute atomic E-state index is 0.0300. The van der Waals surface area contributed by atoms with Crippen molar-refractivity contribution in [1.29, 1.82) is 0 Å². The average molecular weight is 335 g/mol. The normalized spacial score (nSPS) is 10.8. The van der Waals surface area contributed by atoms with Gasteiger partial charge in [0.2, 0.25) is 0 Å². The number of anilines is 1. The Morgan fingerprint density at radius 3 is 2.87 bits per heavy atom. The Kier molecular flexibility index (Phi) is 3.87. The van der Waals surface area contributed by atoms with Crippen LogP contribution >= 0.6 is 11.6 Å². The lowest BCUT2D eigenvalue weighted by molar-refractivity contribution is 0.102. The van der Waals surface area contributed by atoms with Gasteiger partial charge in [0.1, 0.15) is 22.8 Å². The van der Waals surface area contributed by atoms with Crippen molar-refractivity contribution in [3.63, 3.8) is 0 Å². The zero-order chi connectivity index (χ0) is 16.6. The van der Waals surface area contributed by atoms with Gasteiger partial charge >= 0.3 is 0 Å². The number of hydrogen-bond donors (Lipinski definition) is 1. The lowest BCUT2D eigenvalue weighted by Gasteiger charge is -2.06. The third-order valence-electron chi connectivity index (χ3n) is 3.25. The molecular formula is C15H12ClFN4O2. The third kappa shape index (κ3) is 2.83. The van der Waals surface area contributed by atoms with Gasteiger partial charge in [-0.2, -0.15) is 5.10 Å². The molecule has 0 spiro atoms.